The lowest BCUT2D eigenvalue weighted by Gasteiger charge is -2.16. The summed E-state index contributed by atoms with van der Waals surface area (Å²) in [6.07, 6.45) is 0. The van der Waals surface area contributed by atoms with Crippen LogP contribution in [-0.4, -0.2) is 23.9 Å². The number of methoxy groups -OCH3 is 1. The molecule has 0 fully saturated rings. The summed E-state index contributed by atoms with van der Waals surface area (Å²) in [5.74, 6) is 0.203. The highest BCUT2D eigenvalue weighted by Crippen LogP contribution is 2.37. The number of hydrogen-bond donors (Lipinski definition) is 2. The second-order valence-electron chi connectivity index (χ2n) is 8.65. The molecule has 2 amide bonds. The molecule has 200 valence electrons. The Morgan fingerprint density at radius 3 is 2.38 bits per heavy atom. The van der Waals surface area contributed by atoms with E-state index >= 15 is 0 Å². The van der Waals surface area contributed by atoms with Gasteiger partial charge in [0.25, 0.3) is 5.91 Å². The summed E-state index contributed by atoms with van der Waals surface area (Å²) in [5, 5.41) is 8.45. The van der Waals surface area contributed by atoms with Gasteiger partial charge >= 0.3 is 0 Å². The van der Waals surface area contributed by atoms with Gasteiger partial charge in [0.05, 0.1) is 12.8 Å². The Bertz CT molecular complexity index is 1610. The van der Waals surface area contributed by atoms with Crippen LogP contribution in [0.3, 0.4) is 0 Å². The van der Waals surface area contributed by atoms with Gasteiger partial charge in [0, 0.05) is 32.1 Å². The summed E-state index contributed by atoms with van der Waals surface area (Å²) in [7, 11) is 1.56. The number of hydrogen-bond acceptors (Lipinski definition) is 6. The molecular weight excluding hydrogens is 562 g/mol. The lowest BCUT2D eigenvalue weighted by atomic mass is 10.1. The first-order valence-corrected chi connectivity index (χ1v) is 14.4. The molecule has 2 N–H and O–H groups in total. The summed E-state index contributed by atoms with van der Waals surface area (Å²) in [6, 6.07) is 31.4. The van der Waals surface area contributed by atoms with E-state index in [0.29, 0.717) is 27.2 Å². The summed E-state index contributed by atoms with van der Waals surface area (Å²) in [5.41, 5.74) is 3.71. The number of carbonyl (C=O) groups excluding carboxylic acids is 2. The van der Waals surface area contributed by atoms with Crippen molar-refractivity contribution in [3.63, 3.8) is 0 Å². The Kier molecular flexibility index (Phi) is 8.81. The van der Waals surface area contributed by atoms with Crippen molar-refractivity contribution in [2.24, 2.45) is 0 Å². The lowest BCUT2D eigenvalue weighted by molar-refractivity contribution is -0.115. The third kappa shape index (κ3) is 6.90. The highest BCUT2D eigenvalue weighted by atomic mass is 35.5. The minimum Gasteiger partial charge on any atom is -0.497 e. The van der Waals surface area contributed by atoms with Crippen molar-refractivity contribution in [3.05, 3.63) is 125 Å². The molecule has 0 aliphatic carbocycles. The minimum absolute atomic E-state index is 0.177. The van der Waals surface area contributed by atoms with Crippen molar-refractivity contribution in [3.8, 4) is 17.0 Å². The Morgan fingerprint density at radius 1 is 0.900 bits per heavy atom. The number of rotatable bonds is 9. The largest absolute Gasteiger partial charge is 0.497 e. The van der Waals surface area contributed by atoms with Crippen molar-refractivity contribution in [2.75, 3.05) is 17.7 Å². The number of halogens is 1. The van der Waals surface area contributed by atoms with Crippen molar-refractivity contribution in [1.29, 1.82) is 0 Å². The maximum absolute atomic E-state index is 13.5. The van der Waals surface area contributed by atoms with E-state index in [4.69, 9.17) is 16.3 Å². The minimum atomic E-state index is -0.513. The van der Waals surface area contributed by atoms with E-state index in [1.807, 2.05) is 84.2 Å². The van der Waals surface area contributed by atoms with Gasteiger partial charge in [-0.1, -0.05) is 60.1 Å². The molecule has 1 aromatic heterocycles. The van der Waals surface area contributed by atoms with Gasteiger partial charge in [0.15, 0.2) is 5.13 Å². The summed E-state index contributed by atoms with van der Waals surface area (Å²) in [4.78, 5) is 31.6. The lowest BCUT2D eigenvalue weighted by Crippen LogP contribution is -2.19. The highest BCUT2D eigenvalue weighted by Gasteiger charge is 2.23. The van der Waals surface area contributed by atoms with E-state index in [2.05, 4.69) is 15.6 Å². The third-order valence-corrected chi connectivity index (χ3v) is 8.19. The average molecular weight is 586 g/mol. The predicted molar refractivity (Wildman–Crippen MR) is 164 cm³/mol. The predicted octanol–water partition coefficient (Wildman–Crippen LogP) is 8.20. The van der Waals surface area contributed by atoms with Gasteiger partial charge in [-0.3, -0.25) is 9.59 Å². The summed E-state index contributed by atoms with van der Waals surface area (Å²) in [6.45, 7) is 0. The summed E-state index contributed by atoms with van der Waals surface area (Å²) >= 11 is 8.79. The molecular formula is C31H24ClN3O3S2. The van der Waals surface area contributed by atoms with Gasteiger partial charge in [-0.15, -0.1) is 23.1 Å². The number of benzene rings is 4. The Hall–Kier alpha value is -4.11. The van der Waals surface area contributed by atoms with E-state index in [-0.39, 0.29) is 11.8 Å². The molecule has 40 heavy (non-hydrogen) atoms. The molecule has 0 saturated heterocycles. The fourth-order valence-corrected chi connectivity index (χ4v) is 5.75. The molecule has 5 rings (SSSR count). The molecule has 9 heteroatoms. The van der Waals surface area contributed by atoms with Crippen LogP contribution in [-0.2, 0) is 4.79 Å². The average Bonchev–Trinajstić information content (AvgIpc) is 3.45. The zero-order chi connectivity index (χ0) is 27.9. The van der Waals surface area contributed by atoms with Gasteiger partial charge in [-0.2, -0.15) is 0 Å². The van der Waals surface area contributed by atoms with Gasteiger partial charge in [-0.05, 0) is 60.2 Å². The molecule has 1 unspecified atom stereocenters. The van der Waals surface area contributed by atoms with Crippen LogP contribution < -0.4 is 15.4 Å². The standard InChI is InChI=1S/C31H24ClN3O3S2/c1-38-25-9-5-8-22(18-25)29(36)33-24-14-16-26(17-15-24)40-28(21-6-3-2-4-7-21)30(37)35-31-34-27(19-39-31)20-10-12-23(32)13-11-20/h2-19,28H,1H3,(H,33,36)(H,34,35,37). The number of ether oxygens (including phenoxy) is 1. The topological polar surface area (TPSA) is 80.3 Å². The monoisotopic (exact) mass is 585 g/mol. The Morgan fingerprint density at radius 2 is 1.65 bits per heavy atom. The number of amides is 2. The van der Waals surface area contributed by atoms with Crippen molar-refractivity contribution < 1.29 is 14.3 Å². The van der Waals surface area contributed by atoms with Crippen molar-refractivity contribution in [1.82, 2.24) is 4.98 Å². The molecule has 5 aromatic rings. The molecule has 0 radical (unpaired) electrons. The number of thiazole rings is 1. The molecule has 1 heterocycles. The number of thioether (sulfide) groups is 1. The van der Waals surface area contributed by atoms with E-state index < -0.39 is 5.25 Å². The molecule has 0 saturated carbocycles. The van der Waals surface area contributed by atoms with E-state index in [1.165, 1.54) is 23.1 Å². The molecule has 0 spiro atoms. The highest BCUT2D eigenvalue weighted by molar-refractivity contribution is 8.00. The number of nitrogens with one attached hydrogen (secondary N) is 2. The molecule has 0 aliphatic heterocycles. The van der Waals surface area contributed by atoms with Crippen LogP contribution in [0.25, 0.3) is 11.3 Å². The molecule has 4 aromatic carbocycles. The maximum atomic E-state index is 13.5. The first kappa shape index (κ1) is 27.5. The zero-order valence-corrected chi connectivity index (χ0v) is 23.7. The van der Waals surface area contributed by atoms with Crippen molar-refractivity contribution >= 4 is 57.3 Å². The van der Waals surface area contributed by atoms with E-state index in [9.17, 15) is 9.59 Å². The van der Waals surface area contributed by atoms with Gasteiger partial charge in [0.2, 0.25) is 5.91 Å². The van der Waals surface area contributed by atoms with Gasteiger partial charge in [0.1, 0.15) is 11.0 Å². The Balaban J connectivity index is 1.29. The van der Waals surface area contributed by atoms with Crippen LogP contribution in [0, 0.1) is 0 Å². The molecule has 0 aliphatic rings. The first-order valence-electron chi connectivity index (χ1n) is 12.3. The smallest absolute Gasteiger partial charge is 0.255 e. The van der Waals surface area contributed by atoms with Crippen LogP contribution in [0.1, 0.15) is 21.2 Å². The van der Waals surface area contributed by atoms with Crippen molar-refractivity contribution in [2.45, 2.75) is 10.1 Å². The normalized spacial score (nSPS) is 11.4. The second-order valence-corrected chi connectivity index (χ2v) is 11.1. The first-order chi connectivity index (χ1) is 19.5. The fourth-order valence-electron chi connectivity index (χ4n) is 3.88. The zero-order valence-electron chi connectivity index (χ0n) is 21.3. The molecule has 6 nitrogen and oxygen atoms in total. The van der Waals surface area contributed by atoms with E-state index in [1.54, 1.807) is 31.4 Å². The number of nitrogens with zero attached hydrogens (tertiary/aromatic N) is 1. The Labute approximate surface area is 245 Å². The van der Waals surface area contributed by atoms with Crippen LogP contribution >= 0.6 is 34.7 Å². The number of anilines is 2. The van der Waals surface area contributed by atoms with Crippen LogP contribution in [0.4, 0.5) is 10.8 Å². The maximum Gasteiger partial charge on any atom is 0.255 e. The van der Waals surface area contributed by atoms with Crippen LogP contribution in [0.5, 0.6) is 5.75 Å². The number of carbonyl (C=O) groups is 2. The van der Waals surface area contributed by atoms with E-state index in [0.717, 1.165) is 21.7 Å². The van der Waals surface area contributed by atoms with Gasteiger partial charge in [-0.25, -0.2) is 4.98 Å². The van der Waals surface area contributed by atoms with Crippen LogP contribution in [0.2, 0.25) is 5.02 Å². The van der Waals surface area contributed by atoms with Gasteiger partial charge < -0.3 is 15.4 Å². The second kappa shape index (κ2) is 12.8. The van der Waals surface area contributed by atoms with Crippen LogP contribution in [0.15, 0.2) is 113 Å². The molecule has 0 bridgehead atoms. The SMILES string of the molecule is COc1cccc(C(=O)Nc2ccc(SC(C(=O)Nc3nc(-c4ccc(Cl)cc4)cs3)c3ccccc3)cc2)c1. The number of aromatic nitrogens is 1. The summed E-state index contributed by atoms with van der Waals surface area (Å²) < 4.78 is 5.20. The molecule has 1 atom stereocenters. The quantitative estimate of drug-likeness (QED) is 0.170. The third-order valence-electron chi connectivity index (χ3n) is 5.91. The fraction of sp³-hybridized carbons (Fsp3) is 0.0645.